The first kappa shape index (κ1) is 8.11. The van der Waals surface area contributed by atoms with Gasteiger partial charge in [-0.2, -0.15) is 0 Å². The van der Waals surface area contributed by atoms with Gasteiger partial charge in [0.05, 0.1) is 11.9 Å². The summed E-state index contributed by atoms with van der Waals surface area (Å²) in [6.45, 7) is 0. The van der Waals surface area contributed by atoms with E-state index in [1.165, 1.54) is 0 Å². The first-order valence-electron chi connectivity index (χ1n) is 4.63. The predicted molar refractivity (Wildman–Crippen MR) is 60.6 cm³/mol. The van der Waals surface area contributed by atoms with Crippen molar-refractivity contribution in [3.8, 4) is 0 Å². The van der Waals surface area contributed by atoms with Crippen LogP contribution in [0.4, 0.5) is 11.5 Å². The molecule has 1 aromatic rings. The zero-order valence-electron chi connectivity index (χ0n) is 7.91. The first-order chi connectivity index (χ1) is 7.45. The van der Waals surface area contributed by atoms with Crippen LogP contribution in [-0.4, -0.2) is 17.4 Å². The molecule has 0 saturated carbocycles. The number of allylic oxidation sites excluding steroid dienone is 2. The summed E-state index contributed by atoms with van der Waals surface area (Å²) < 4.78 is 0. The van der Waals surface area contributed by atoms with Crippen LogP contribution in [0.2, 0.25) is 0 Å². The van der Waals surface area contributed by atoms with Crippen molar-refractivity contribution in [2.24, 2.45) is 9.98 Å². The molecule has 1 aromatic heterocycles. The largest absolute Gasteiger partial charge is 0.297 e. The van der Waals surface area contributed by atoms with Crippen LogP contribution in [0, 0.1) is 0 Å². The number of anilines is 1. The summed E-state index contributed by atoms with van der Waals surface area (Å²) in [5.74, 6) is 0.833. The van der Waals surface area contributed by atoms with Crippen LogP contribution in [0.1, 0.15) is 0 Å². The quantitative estimate of drug-likeness (QED) is 0.637. The van der Waals surface area contributed by atoms with E-state index in [2.05, 4.69) is 15.0 Å². The number of fused-ring (bicyclic) bond motifs is 3. The van der Waals surface area contributed by atoms with Crippen LogP contribution < -0.4 is 4.90 Å². The molecule has 0 saturated heterocycles. The van der Waals surface area contributed by atoms with Gasteiger partial charge in [0.25, 0.3) is 0 Å². The molecule has 0 fully saturated rings. The Morgan fingerprint density at radius 1 is 1.27 bits per heavy atom. The Hall–Kier alpha value is -2.23. The van der Waals surface area contributed by atoms with Crippen LogP contribution >= 0.6 is 0 Å². The fourth-order valence-electron chi connectivity index (χ4n) is 1.56. The Morgan fingerprint density at radius 2 is 2.27 bits per heavy atom. The molecule has 0 spiro atoms. The van der Waals surface area contributed by atoms with Crippen molar-refractivity contribution in [2.75, 3.05) is 4.90 Å². The van der Waals surface area contributed by atoms with Gasteiger partial charge in [0.2, 0.25) is 0 Å². The van der Waals surface area contributed by atoms with Gasteiger partial charge in [0, 0.05) is 24.8 Å². The summed E-state index contributed by atoms with van der Waals surface area (Å²) >= 11 is 0. The minimum atomic E-state index is 0.833. The summed E-state index contributed by atoms with van der Waals surface area (Å²) in [7, 11) is 0. The third-order valence-corrected chi connectivity index (χ3v) is 2.24. The van der Waals surface area contributed by atoms with Gasteiger partial charge in [0.15, 0.2) is 5.82 Å². The minimum Gasteiger partial charge on any atom is -0.297 e. The molecule has 0 unspecified atom stereocenters. The second-order valence-electron chi connectivity index (χ2n) is 3.16. The maximum atomic E-state index is 4.32. The summed E-state index contributed by atoms with van der Waals surface area (Å²) in [5.41, 5.74) is 1.84. The van der Waals surface area contributed by atoms with Gasteiger partial charge in [-0.05, 0) is 18.2 Å². The van der Waals surface area contributed by atoms with E-state index in [-0.39, 0.29) is 0 Å². The topological polar surface area (TPSA) is 40.9 Å². The molecule has 15 heavy (non-hydrogen) atoms. The van der Waals surface area contributed by atoms with Crippen molar-refractivity contribution in [3.05, 3.63) is 42.5 Å². The maximum Gasteiger partial charge on any atom is 0.163 e. The molecule has 0 bridgehead atoms. The van der Waals surface area contributed by atoms with Crippen molar-refractivity contribution in [3.63, 3.8) is 0 Å². The Balaban J connectivity index is 2.20. The molecular formula is C11H8N4. The van der Waals surface area contributed by atoms with E-state index in [9.17, 15) is 0 Å². The lowest BCUT2D eigenvalue weighted by Gasteiger charge is -2.21. The smallest absolute Gasteiger partial charge is 0.163 e. The Kier molecular flexibility index (Phi) is 1.71. The van der Waals surface area contributed by atoms with Crippen LogP contribution in [0.25, 0.3) is 0 Å². The molecular weight excluding hydrogens is 188 g/mol. The second kappa shape index (κ2) is 3.16. The normalized spacial score (nSPS) is 16.8. The highest BCUT2D eigenvalue weighted by Crippen LogP contribution is 2.30. The van der Waals surface area contributed by atoms with Crippen molar-refractivity contribution in [2.45, 2.75) is 0 Å². The first-order valence-corrected chi connectivity index (χ1v) is 4.63. The van der Waals surface area contributed by atoms with Crippen LogP contribution in [0.3, 0.4) is 0 Å². The van der Waals surface area contributed by atoms with Gasteiger partial charge in [-0.3, -0.25) is 14.9 Å². The molecule has 2 aliphatic rings. The average molecular weight is 196 g/mol. The number of hydrogen-bond acceptors (Lipinski definition) is 4. The molecule has 3 heterocycles. The van der Waals surface area contributed by atoms with E-state index < -0.39 is 0 Å². The van der Waals surface area contributed by atoms with Crippen LogP contribution in [-0.2, 0) is 0 Å². The standard InChI is InChI=1S/C11H8N4/c1-2-10-11(14-4-1)15-7-6-12-8-9(15)3-5-13-10/h1-8H. The molecule has 72 valence electrons. The van der Waals surface area contributed by atoms with Crippen molar-refractivity contribution in [1.29, 1.82) is 0 Å². The lowest BCUT2D eigenvalue weighted by atomic mass is 10.3. The molecule has 0 aromatic carbocycles. The van der Waals surface area contributed by atoms with E-state index in [4.69, 9.17) is 0 Å². The lowest BCUT2D eigenvalue weighted by molar-refractivity contribution is 1.13. The van der Waals surface area contributed by atoms with Gasteiger partial charge in [0.1, 0.15) is 5.69 Å². The molecule has 3 rings (SSSR count). The van der Waals surface area contributed by atoms with Gasteiger partial charge in [-0.1, -0.05) is 0 Å². The SMILES string of the molecule is C1=CN2C(=CC=Nc3cccnc32)C=N1. The summed E-state index contributed by atoms with van der Waals surface area (Å²) in [6.07, 6.45) is 10.8. The molecule has 0 radical (unpaired) electrons. The zero-order chi connectivity index (χ0) is 10.1. The van der Waals surface area contributed by atoms with Crippen molar-refractivity contribution >= 4 is 23.9 Å². The molecule has 0 N–H and O–H groups in total. The van der Waals surface area contributed by atoms with E-state index in [1.54, 1.807) is 24.8 Å². The monoisotopic (exact) mass is 196 g/mol. The number of aliphatic imine (C=N–C) groups is 2. The number of hydrogen-bond donors (Lipinski definition) is 0. The molecule has 2 aliphatic heterocycles. The van der Waals surface area contributed by atoms with Crippen LogP contribution in [0.15, 0.2) is 52.5 Å². The summed E-state index contributed by atoms with van der Waals surface area (Å²) in [6, 6.07) is 3.82. The summed E-state index contributed by atoms with van der Waals surface area (Å²) in [4.78, 5) is 14.7. The molecule has 4 heteroatoms. The molecule has 0 aliphatic carbocycles. The Morgan fingerprint density at radius 3 is 3.27 bits per heavy atom. The zero-order valence-corrected chi connectivity index (χ0v) is 7.91. The molecule has 0 atom stereocenters. The minimum absolute atomic E-state index is 0.833. The van der Waals surface area contributed by atoms with Crippen LogP contribution in [0.5, 0.6) is 0 Å². The van der Waals surface area contributed by atoms with Gasteiger partial charge in [-0.15, -0.1) is 0 Å². The van der Waals surface area contributed by atoms with E-state index in [0.29, 0.717) is 0 Å². The molecule has 4 nitrogen and oxygen atoms in total. The summed E-state index contributed by atoms with van der Waals surface area (Å²) in [5, 5.41) is 0. The number of rotatable bonds is 0. The Labute approximate surface area is 87.0 Å². The van der Waals surface area contributed by atoms with Crippen molar-refractivity contribution < 1.29 is 0 Å². The highest BCUT2D eigenvalue weighted by Gasteiger charge is 2.16. The predicted octanol–water partition coefficient (Wildman–Crippen LogP) is 2.04. The second-order valence-corrected chi connectivity index (χ2v) is 3.16. The highest BCUT2D eigenvalue weighted by molar-refractivity contribution is 5.96. The number of pyridine rings is 1. The lowest BCUT2D eigenvalue weighted by Crippen LogP contribution is -2.19. The van der Waals surface area contributed by atoms with E-state index >= 15 is 0 Å². The average Bonchev–Trinajstić information content (AvgIpc) is 2.48. The van der Waals surface area contributed by atoms with E-state index in [1.807, 2.05) is 29.3 Å². The van der Waals surface area contributed by atoms with Crippen molar-refractivity contribution in [1.82, 2.24) is 4.98 Å². The third-order valence-electron chi connectivity index (χ3n) is 2.24. The van der Waals surface area contributed by atoms with Gasteiger partial charge >= 0.3 is 0 Å². The Bertz CT molecular complexity index is 511. The van der Waals surface area contributed by atoms with E-state index in [0.717, 1.165) is 17.2 Å². The van der Waals surface area contributed by atoms with Gasteiger partial charge < -0.3 is 0 Å². The molecule has 0 amide bonds. The fraction of sp³-hybridized carbons (Fsp3) is 0. The highest BCUT2D eigenvalue weighted by atomic mass is 15.2. The maximum absolute atomic E-state index is 4.32. The third kappa shape index (κ3) is 1.27. The number of aromatic nitrogens is 1. The number of nitrogens with zero attached hydrogens (tertiary/aromatic N) is 4. The van der Waals surface area contributed by atoms with Gasteiger partial charge in [-0.25, -0.2) is 4.98 Å². The fourth-order valence-corrected chi connectivity index (χ4v) is 1.56.